The van der Waals surface area contributed by atoms with Gasteiger partial charge in [0.1, 0.15) is 0 Å². The van der Waals surface area contributed by atoms with Gasteiger partial charge in [-0.1, -0.05) is 34.9 Å². The van der Waals surface area contributed by atoms with Gasteiger partial charge in [-0.05, 0) is 31.9 Å². The van der Waals surface area contributed by atoms with Gasteiger partial charge >= 0.3 is 29.1 Å². The number of nitrogens with zero attached hydrogens (tertiary/aromatic N) is 1. The van der Waals surface area contributed by atoms with Gasteiger partial charge < -0.3 is 31.7 Å². The summed E-state index contributed by atoms with van der Waals surface area (Å²) in [5, 5.41) is 13.4. The molecular formula is C14H17BrClMgNO3. The maximum atomic E-state index is 12.7. The van der Waals surface area contributed by atoms with Gasteiger partial charge in [0.25, 0.3) is 0 Å². The largest absolute Gasteiger partial charge is 2.00 e. The fourth-order valence-electron chi connectivity index (χ4n) is 2.31. The molecule has 0 aliphatic carbocycles. The van der Waals surface area contributed by atoms with E-state index in [9.17, 15) is 9.90 Å². The van der Waals surface area contributed by atoms with E-state index in [0.717, 1.165) is 5.56 Å². The van der Waals surface area contributed by atoms with Crippen LogP contribution in [0.4, 0.5) is 4.79 Å². The molecule has 7 heteroatoms. The predicted octanol–water partition coefficient (Wildman–Crippen LogP) is -1.23. The minimum absolute atomic E-state index is 0. The van der Waals surface area contributed by atoms with Gasteiger partial charge in [-0.15, -0.1) is 0 Å². The van der Waals surface area contributed by atoms with E-state index < -0.39 is 5.60 Å². The molecule has 21 heavy (non-hydrogen) atoms. The molecule has 1 aliphatic heterocycles. The van der Waals surface area contributed by atoms with Crippen LogP contribution >= 0.6 is 11.6 Å². The van der Waals surface area contributed by atoms with Gasteiger partial charge in [0, 0.05) is 18.1 Å². The number of carbonyl (C=O) groups excluding carboxylic acids is 1. The quantitative estimate of drug-likeness (QED) is 0.598. The summed E-state index contributed by atoms with van der Waals surface area (Å²) >= 11 is 5.82. The minimum atomic E-state index is -1.13. The number of ether oxygens (including phenoxy) is 1. The van der Waals surface area contributed by atoms with Crippen molar-refractivity contribution in [3.63, 3.8) is 0 Å². The number of carbonyl (C=O) groups is 1. The van der Waals surface area contributed by atoms with E-state index in [1.54, 1.807) is 36.1 Å². The third-order valence-electron chi connectivity index (χ3n) is 3.47. The van der Waals surface area contributed by atoms with E-state index in [4.69, 9.17) is 16.3 Å². The van der Waals surface area contributed by atoms with Gasteiger partial charge in [0.05, 0.1) is 6.61 Å². The maximum absolute atomic E-state index is 12.7. The summed E-state index contributed by atoms with van der Waals surface area (Å²) in [5.74, 6) is 0. The second kappa shape index (κ2) is 9.20. The summed E-state index contributed by atoms with van der Waals surface area (Å²) in [6.45, 7) is 3.00. The van der Waals surface area contributed by atoms with Crippen molar-refractivity contribution in [3.8, 4) is 0 Å². The van der Waals surface area contributed by atoms with E-state index in [1.807, 2.05) is 0 Å². The number of halogens is 2. The fourth-order valence-corrected chi connectivity index (χ4v) is 2.43. The smallest absolute Gasteiger partial charge is 1.00 e. The predicted molar refractivity (Wildman–Crippen MR) is 76.7 cm³/mol. The summed E-state index contributed by atoms with van der Waals surface area (Å²) < 4.78 is 4.94. The Labute approximate surface area is 156 Å². The van der Waals surface area contributed by atoms with Crippen molar-refractivity contribution in [1.29, 1.82) is 0 Å². The average Bonchev–Trinajstić information content (AvgIpc) is 2.40. The van der Waals surface area contributed by atoms with Crippen LogP contribution in [-0.2, 0) is 10.3 Å². The maximum Gasteiger partial charge on any atom is 2.00 e. The molecule has 0 aromatic heterocycles. The van der Waals surface area contributed by atoms with Crippen molar-refractivity contribution in [2.75, 3.05) is 19.7 Å². The van der Waals surface area contributed by atoms with Crippen LogP contribution in [0.1, 0.15) is 25.3 Å². The van der Waals surface area contributed by atoms with Crippen molar-refractivity contribution in [2.24, 2.45) is 0 Å². The second-order valence-electron chi connectivity index (χ2n) is 4.69. The number of benzene rings is 1. The third-order valence-corrected chi connectivity index (χ3v) is 3.72. The number of hydrogen-bond acceptors (Lipinski definition) is 3. The molecule has 0 spiro atoms. The Bertz CT molecular complexity index is 450. The standard InChI is InChI=1S/C14H17ClNO3.BrH.Mg/c1-2-19-13(17)16-9-7-14(18,8-10-16)11-3-5-12(15)6-4-11;;/h3-6H,2,7-10H2,1H3;1H;/q-1;;+2/p-1. The van der Waals surface area contributed by atoms with Crippen LogP contribution in [-0.4, -0.2) is 53.7 Å². The van der Waals surface area contributed by atoms with Crippen molar-refractivity contribution < 1.29 is 31.6 Å². The molecule has 1 heterocycles. The van der Waals surface area contributed by atoms with Crippen LogP contribution in [0.5, 0.6) is 0 Å². The molecule has 1 aliphatic rings. The average molecular weight is 387 g/mol. The molecule has 112 valence electrons. The Hall–Kier alpha value is -0.0138. The first-order chi connectivity index (χ1) is 9.05. The van der Waals surface area contributed by atoms with Crippen molar-refractivity contribution >= 4 is 40.7 Å². The first-order valence-electron chi connectivity index (χ1n) is 6.43. The van der Waals surface area contributed by atoms with E-state index >= 15 is 0 Å². The Morgan fingerprint density at radius 1 is 1.33 bits per heavy atom. The molecule has 2 rings (SSSR count). The molecule has 0 bridgehead atoms. The molecule has 0 unspecified atom stereocenters. The third kappa shape index (κ3) is 5.28. The fraction of sp³-hybridized carbons (Fsp3) is 0.500. The van der Waals surface area contributed by atoms with Crippen molar-refractivity contribution in [3.05, 3.63) is 34.9 Å². The molecule has 1 aromatic rings. The molecule has 0 atom stereocenters. The SMILES string of the molecule is CCOC(=O)N1CCC([O-])(c2ccc(Cl)cc2)CC1.[Br-].[Mg+2]. The van der Waals surface area contributed by atoms with Gasteiger partial charge in [-0.2, -0.15) is 0 Å². The molecule has 1 fully saturated rings. The molecular weight excluding hydrogens is 370 g/mol. The van der Waals surface area contributed by atoms with E-state index in [1.165, 1.54) is 0 Å². The number of amides is 1. The van der Waals surface area contributed by atoms with Crippen molar-refractivity contribution in [1.82, 2.24) is 4.90 Å². The molecule has 1 amide bonds. The van der Waals surface area contributed by atoms with Gasteiger partial charge in [-0.3, -0.25) is 0 Å². The van der Waals surface area contributed by atoms with Crippen LogP contribution in [0, 0.1) is 0 Å². The summed E-state index contributed by atoms with van der Waals surface area (Å²) in [6.07, 6.45) is 0.460. The molecule has 1 aromatic carbocycles. The van der Waals surface area contributed by atoms with E-state index in [2.05, 4.69) is 0 Å². The van der Waals surface area contributed by atoms with Gasteiger partial charge in [0.2, 0.25) is 0 Å². The number of rotatable bonds is 2. The summed E-state index contributed by atoms with van der Waals surface area (Å²) in [4.78, 5) is 13.2. The zero-order valence-electron chi connectivity index (χ0n) is 12.0. The second-order valence-corrected chi connectivity index (χ2v) is 5.12. The molecule has 1 saturated heterocycles. The van der Waals surface area contributed by atoms with Crippen LogP contribution in [0.25, 0.3) is 0 Å². The Morgan fingerprint density at radius 2 is 1.86 bits per heavy atom. The minimum Gasteiger partial charge on any atom is -1.00 e. The van der Waals surface area contributed by atoms with Gasteiger partial charge in [-0.25, -0.2) is 4.79 Å². The van der Waals surface area contributed by atoms with Crippen LogP contribution < -0.4 is 22.1 Å². The topological polar surface area (TPSA) is 52.6 Å². The van der Waals surface area contributed by atoms with Crippen molar-refractivity contribution in [2.45, 2.75) is 25.4 Å². The van der Waals surface area contributed by atoms with E-state index in [0.29, 0.717) is 37.6 Å². The summed E-state index contributed by atoms with van der Waals surface area (Å²) in [7, 11) is 0. The first kappa shape index (κ1) is 21.0. The summed E-state index contributed by atoms with van der Waals surface area (Å²) in [5.41, 5.74) is -0.395. The van der Waals surface area contributed by atoms with Crippen LogP contribution in [0.2, 0.25) is 5.02 Å². The van der Waals surface area contributed by atoms with Crippen LogP contribution in [0.3, 0.4) is 0 Å². The zero-order valence-corrected chi connectivity index (χ0v) is 15.7. The van der Waals surface area contributed by atoms with Crippen LogP contribution in [0.15, 0.2) is 24.3 Å². The Balaban J connectivity index is 0.00000200. The molecule has 0 radical (unpaired) electrons. The number of likely N-dealkylation sites (tertiary alicyclic amines) is 1. The normalized spacial score (nSPS) is 16.4. The Morgan fingerprint density at radius 3 is 2.33 bits per heavy atom. The number of piperidine rings is 1. The zero-order chi connectivity index (χ0) is 13.9. The van der Waals surface area contributed by atoms with Gasteiger partial charge in [0.15, 0.2) is 0 Å². The number of hydrogen-bond donors (Lipinski definition) is 0. The summed E-state index contributed by atoms with van der Waals surface area (Å²) in [6, 6.07) is 7.01. The molecule has 0 N–H and O–H groups in total. The molecule has 4 nitrogen and oxygen atoms in total. The molecule has 0 saturated carbocycles. The monoisotopic (exact) mass is 385 g/mol. The van der Waals surface area contributed by atoms with E-state index in [-0.39, 0.29) is 46.1 Å². The first-order valence-corrected chi connectivity index (χ1v) is 6.81. The Kier molecular flexibility index (Phi) is 9.19.